The zero-order valence-electron chi connectivity index (χ0n) is 13.0. The van der Waals surface area contributed by atoms with E-state index >= 15 is 0 Å². The van der Waals surface area contributed by atoms with Crippen molar-refractivity contribution in [3.8, 4) is 0 Å². The minimum Gasteiger partial charge on any atom is -0.338 e. The number of fused-ring (bicyclic) bond motifs is 1. The Hall–Kier alpha value is -1.76. The Balaban J connectivity index is 1.65. The van der Waals surface area contributed by atoms with Crippen molar-refractivity contribution in [3.05, 3.63) is 23.4 Å². The van der Waals surface area contributed by atoms with Gasteiger partial charge in [-0.1, -0.05) is 19.0 Å². The predicted molar refractivity (Wildman–Crippen MR) is 76.8 cm³/mol. The molecule has 3 rings (SSSR count). The second kappa shape index (κ2) is 5.55. The smallest absolute Gasteiger partial charge is 0.243 e. The highest BCUT2D eigenvalue weighted by atomic mass is 16.5. The normalized spacial score (nSPS) is 19.8. The summed E-state index contributed by atoms with van der Waals surface area (Å²) >= 11 is 0. The number of aromatic nitrogens is 5. The third-order valence-electron chi connectivity index (χ3n) is 3.96. The Morgan fingerprint density at radius 2 is 2.10 bits per heavy atom. The molecule has 0 unspecified atom stereocenters. The summed E-state index contributed by atoms with van der Waals surface area (Å²) in [5.74, 6) is 3.76. The Kier molecular flexibility index (Phi) is 3.75. The summed E-state index contributed by atoms with van der Waals surface area (Å²) in [5.41, 5.74) is 0. The third kappa shape index (κ3) is 2.83. The first-order chi connectivity index (χ1) is 10.0. The lowest BCUT2D eigenvalue weighted by Gasteiger charge is -2.26. The first kappa shape index (κ1) is 14.2. The molecular weight excluding hydrogens is 268 g/mol. The molecule has 2 atom stereocenters. The van der Waals surface area contributed by atoms with E-state index < -0.39 is 0 Å². The van der Waals surface area contributed by atoms with Gasteiger partial charge in [0.25, 0.3) is 0 Å². The van der Waals surface area contributed by atoms with Crippen molar-refractivity contribution >= 4 is 0 Å². The van der Waals surface area contributed by atoms with Crippen molar-refractivity contribution in [2.75, 3.05) is 0 Å². The van der Waals surface area contributed by atoms with Crippen molar-refractivity contribution < 1.29 is 4.52 Å². The van der Waals surface area contributed by atoms with Crippen LogP contribution < -0.4 is 5.32 Å². The largest absolute Gasteiger partial charge is 0.338 e. The van der Waals surface area contributed by atoms with E-state index in [0.717, 1.165) is 36.9 Å². The zero-order valence-corrected chi connectivity index (χ0v) is 13.0. The van der Waals surface area contributed by atoms with Gasteiger partial charge in [-0.15, -0.1) is 10.2 Å². The van der Waals surface area contributed by atoms with E-state index in [9.17, 15) is 0 Å². The number of nitrogens with one attached hydrogen (secondary N) is 1. The fourth-order valence-electron chi connectivity index (χ4n) is 2.68. The molecule has 1 N–H and O–H groups in total. The van der Waals surface area contributed by atoms with Crippen LogP contribution in [0.4, 0.5) is 0 Å². The van der Waals surface area contributed by atoms with Crippen molar-refractivity contribution in [2.45, 2.75) is 65.1 Å². The second-order valence-corrected chi connectivity index (χ2v) is 6.04. The van der Waals surface area contributed by atoms with Crippen molar-refractivity contribution in [3.63, 3.8) is 0 Å². The lowest BCUT2D eigenvalue weighted by molar-refractivity contribution is 0.292. The topological polar surface area (TPSA) is 81.7 Å². The van der Waals surface area contributed by atoms with Gasteiger partial charge >= 0.3 is 0 Å². The number of rotatable bonds is 4. The van der Waals surface area contributed by atoms with E-state index in [2.05, 4.69) is 51.0 Å². The van der Waals surface area contributed by atoms with Gasteiger partial charge in [0.15, 0.2) is 5.82 Å². The molecule has 0 spiro atoms. The second-order valence-electron chi connectivity index (χ2n) is 6.04. The molecule has 0 radical (unpaired) electrons. The maximum absolute atomic E-state index is 5.35. The van der Waals surface area contributed by atoms with Gasteiger partial charge in [0.1, 0.15) is 11.6 Å². The summed E-state index contributed by atoms with van der Waals surface area (Å²) in [6.07, 6.45) is 2.00. The van der Waals surface area contributed by atoms with Gasteiger partial charge in [-0.25, -0.2) is 0 Å². The third-order valence-corrected chi connectivity index (χ3v) is 3.96. The number of hydrogen-bond acceptors (Lipinski definition) is 6. The van der Waals surface area contributed by atoms with Crippen LogP contribution in [0, 0.1) is 6.92 Å². The Morgan fingerprint density at radius 1 is 1.29 bits per heavy atom. The van der Waals surface area contributed by atoms with Crippen LogP contribution in [0.15, 0.2) is 4.52 Å². The van der Waals surface area contributed by atoms with Gasteiger partial charge < -0.3 is 14.4 Å². The summed E-state index contributed by atoms with van der Waals surface area (Å²) in [6.45, 7) is 9.07. The molecule has 0 aliphatic carbocycles. The summed E-state index contributed by atoms with van der Waals surface area (Å²) in [5, 5.41) is 15.9. The number of aryl methyl sites for hydroxylation is 2. The first-order valence-corrected chi connectivity index (χ1v) is 7.52. The van der Waals surface area contributed by atoms with Crippen LogP contribution in [0.3, 0.4) is 0 Å². The van der Waals surface area contributed by atoms with Gasteiger partial charge in [0.05, 0.1) is 6.04 Å². The Bertz CT molecular complexity index is 617. The standard InChI is InChI=1S/C14H22N6O/c1-8(2)13-16-14(21-19-13)9(3)15-11-5-6-12-18-17-10(4)20(12)7-11/h8-9,11,15H,5-7H2,1-4H3/t9-,11+/m0/s1. The lowest BCUT2D eigenvalue weighted by atomic mass is 10.1. The predicted octanol–water partition coefficient (Wildman–Crippen LogP) is 1.76. The van der Waals surface area contributed by atoms with E-state index in [1.54, 1.807) is 0 Å². The molecule has 0 fully saturated rings. The molecule has 2 aromatic heterocycles. The molecule has 0 saturated heterocycles. The zero-order chi connectivity index (χ0) is 15.0. The minimum absolute atomic E-state index is 0.0494. The fourth-order valence-corrected chi connectivity index (χ4v) is 2.68. The SMILES string of the molecule is Cc1nnc2n1C[C@H](N[C@@H](C)c1nc(C(C)C)no1)CC2. The van der Waals surface area contributed by atoms with Crippen molar-refractivity contribution in [2.24, 2.45) is 0 Å². The van der Waals surface area contributed by atoms with Gasteiger partial charge in [0.2, 0.25) is 5.89 Å². The van der Waals surface area contributed by atoms with Gasteiger partial charge in [-0.2, -0.15) is 4.98 Å². The van der Waals surface area contributed by atoms with E-state index in [4.69, 9.17) is 4.52 Å². The van der Waals surface area contributed by atoms with E-state index in [1.165, 1.54) is 0 Å². The molecule has 1 aliphatic heterocycles. The maximum atomic E-state index is 5.35. The van der Waals surface area contributed by atoms with Crippen LogP contribution in [0.5, 0.6) is 0 Å². The van der Waals surface area contributed by atoms with Crippen LogP contribution in [0.2, 0.25) is 0 Å². The fraction of sp³-hybridized carbons (Fsp3) is 0.714. The summed E-state index contributed by atoms with van der Waals surface area (Å²) in [4.78, 5) is 4.46. The molecular formula is C14H22N6O. The summed E-state index contributed by atoms with van der Waals surface area (Å²) in [7, 11) is 0. The minimum atomic E-state index is 0.0494. The molecule has 0 saturated carbocycles. The first-order valence-electron chi connectivity index (χ1n) is 7.52. The van der Waals surface area contributed by atoms with E-state index in [1.807, 2.05) is 6.92 Å². The van der Waals surface area contributed by atoms with Crippen molar-refractivity contribution in [1.29, 1.82) is 0 Å². The molecule has 0 bridgehead atoms. The highest BCUT2D eigenvalue weighted by molar-refractivity contribution is 5.01. The van der Waals surface area contributed by atoms with Crippen LogP contribution in [0.1, 0.15) is 62.5 Å². The highest BCUT2D eigenvalue weighted by Crippen LogP contribution is 2.19. The lowest BCUT2D eigenvalue weighted by Crippen LogP contribution is -2.39. The van der Waals surface area contributed by atoms with Gasteiger partial charge in [0, 0.05) is 24.9 Å². The van der Waals surface area contributed by atoms with Crippen LogP contribution in [-0.2, 0) is 13.0 Å². The highest BCUT2D eigenvalue weighted by Gasteiger charge is 2.24. The Labute approximate surface area is 124 Å². The molecule has 114 valence electrons. The maximum Gasteiger partial charge on any atom is 0.243 e. The number of nitrogens with zero attached hydrogens (tertiary/aromatic N) is 5. The molecule has 2 aromatic rings. The van der Waals surface area contributed by atoms with E-state index in [-0.39, 0.29) is 12.0 Å². The quantitative estimate of drug-likeness (QED) is 0.924. The average molecular weight is 290 g/mol. The Morgan fingerprint density at radius 3 is 2.81 bits per heavy atom. The summed E-state index contributed by atoms with van der Waals surface area (Å²) in [6, 6.07) is 0.421. The molecule has 21 heavy (non-hydrogen) atoms. The van der Waals surface area contributed by atoms with Crippen LogP contribution in [-0.4, -0.2) is 30.9 Å². The van der Waals surface area contributed by atoms with Crippen LogP contribution >= 0.6 is 0 Å². The average Bonchev–Trinajstić information content (AvgIpc) is 3.07. The summed E-state index contributed by atoms with van der Waals surface area (Å²) < 4.78 is 7.53. The molecule has 0 amide bonds. The van der Waals surface area contributed by atoms with Crippen molar-refractivity contribution in [1.82, 2.24) is 30.2 Å². The van der Waals surface area contributed by atoms with Crippen LogP contribution in [0.25, 0.3) is 0 Å². The monoisotopic (exact) mass is 290 g/mol. The number of hydrogen-bond donors (Lipinski definition) is 1. The van der Waals surface area contributed by atoms with Gasteiger partial charge in [-0.3, -0.25) is 0 Å². The molecule has 0 aromatic carbocycles. The molecule has 7 nitrogen and oxygen atoms in total. The molecule has 7 heteroatoms. The molecule has 3 heterocycles. The molecule has 1 aliphatic rings. The van der Waals surface area contributed by atoms with Gasteiger partial charge in [-0.05, 0) is 20.3 Å². The van der Waals surface area contributed by atoms with E-state index in [0.29, 0.717) is 11.9 Å².